The second kappa shape index (κ2) is 65.6. The van der Waals surface area contributed by atoms with Crippen LogP contribution in [0.5, 0.6) is 0 Å². The normalized spacial score (nSPS) is 14.7. The highest BCUT2D eigenvalue weighted by Crippen LogP contribution is 2.18. The maximum atomic E-state index is 14.7. The van der Waals surface area contributed by atoms with Crippen molar-refractivity contribution in [3.05, 3.63) is 0 Å². The van der Waals surface area contributed by atoms with E-state index in [-0.39, 0.29) is 178 Å². The molecule has 0 bridgehead atoms. The quantitative estimate of drug-likeness (QED) is 0.0153. The maximum Gasteiger partial charge on any atom is 0.326 e. The summed E-state index contributed by atoms with van der Waals surface area (Å²) in [4.78, 5) is 262. The number of carbonyl (C=O) groups excluding carboxylic acids is 14. The Morgan fingerprint density at radius 3 is 0.586 bits per heavy atom. The second-order valence-corrected chi connectivity index (χ2v) is 35.6. The summed E-state index contributed by atoms with van der Waals surface area (Å²) in [5.41, 5.74) is 56.7. The van der Waals surface area contributed by atoms with Crippen LogP contribution in [-0.4, -0.2) is 275 Å². The second-order valence-electron chi connectivity index (χ2n) is 35.6. The Hall–Kier alpha value is -11.9. The number of aliphatic imine (C=N–C) groups is 3. The fraction of sp³-hybridized carbons (Fsp3) is 0.750. The average Bonchev–Trinajstić information content (AvgIpc) is 0.851. The Balaban J connectivity index is 7.50. The summed E-state index contributed by atoms with van der Waals surface area (Å²) in [6.45, 7) is 20.7. The summed E-state index contributed by atoms with van der Waals surface area (Å²) in [6, 6.07) is -23.4. The van der Waals surface area contributed by atoms with Gasteiger partial charge in [-0.2, -0.15) is 0 Å². The van der Waals surface area contributed by atoms with Crippen molar-refractivity contribution in [1.82, 2.24) is 74.4 Å². The van der Waals surface area contributed by atoms with Crippen molar-refractivity contribution in [3.63, 3.8) is 0 Å². The van der Waals surface area contributed by atoms with Gasteiger partial charge in [-0.1, -0.05) is 83.1 Å². The first-order valence-corrected chi connectivity index (χ1v) is 45.4. The number of rotatable bonds is 71. The van der Waals surface area contributed by atoms with Crippen molar-refractivity contribution in [3.8, 4) is 0 Å². The van der Waals surface area contributed by atoms with Gasteiger partial charge < -0.3 is 152 Å². The van der Waals surface area contributed by atoms with Crippen molar-refractivity contribution in [2.75, 3.05) is 39.3 Å². The highest BCUT2D eigenvalue weighted by molar-refractivity contribution is 6.02. The predicted molar refractivity (Wildman–Crippen MR) is 495 cm³/mol. The minimum Gasteiger partial charge on any atom is -0.481 e. The minimum atomic E-state index is -1.98. The molecular formula is C84H155N27O22. The van der Waals surface area contributed by atoms with Gasteiger partial charge in [-0.05, 0) is 190 Å². The third-order valence-corrected chi connectivity index (χ3v) is 20.3. The van der Waals surface area contributed by atoms with E-state index in [1.54, 1.807) is 83.1 Å². The number of carbonyl (C=O) groups is 18. The first kappa shape index (κ1) is 121. The van der Waals surface area contributed by atoms with E-state index in [4.69, 9.17) is 57.3 Å². The monoisotopic (exact) mass is 1890 g/mol. The fourth-order valence-corrected chi connectivity index (χ4v) is 13.7. The predicted octanol–water partition coefficient (Wildman–Crippen LogP) is -5.57. The van der Waals surface area contributed by atoms with Crippen molar-refractivity contribution >= 4 is 124 Å². The lowest BCUT2D eigenvalue weighted by molar-refractivity contribution is -0.144. The van der Waals surface area contributed by atoms with Crippen LogP contribution in [0, 0.1) is 35.5 Å². The SMILES string of the molecule is CC(C)C[C@H](NC(=O)[C@H](CC(=O)O)NC(=O)[C@H](CC(C)C)NC(=O)[C@H](CCCCN)NC(=O)[C@H](CC(C)C)NC(=O)[C@H](CC(=O)O)NC(=O)[C@H](CC(C)C)NC(=O)[C@H](CCCCN)NC(=O)[C@H](CC(C)C)NC(=O)[C@H](CC(=O)O)NC(=O)[C@H](CC(C)C)NC(=O)[C@H](CCCCN)NC(=O)[C@H](CCCN=C(N)N)NC(=O)[C@H](CCCN=C(N)N)NC(=O)[C@@H](N)CCCN=C(N)N)C(=O)O. The van der Waals surface area contributed by atoms with E-state index in [1.807, 2.05) is 0 Å². The molecule has 49 heteroatoms. The summed E-state index contributed by atoms with van der Waals surface area (Å²) in [5.74, 6) is -23.3. The molecule has 758 valence electrons. The summed E-state index contributed by atoms with van der Waals surface area (Å²) < 4.78 is 0. The van der Waals surface area contributed by atoms with E-state index >= 15 is 0 Å². The van der Waals surface area contributed by atoms with Crippen LogP contribution in [0.2, 0.25) is 0 Å². The molecule has 0 fully saturated rings. The van der Waals surface area contributed by atoms with Crippen LogP contribution >= 0.6 is 0 Å². The zero-order valence-electron chi connectivity index (χ0n) is 79.1. The summed E-state index contributed by atoms with van der Waals surface area (Å²) in [6.07, 6.45) is -2.42. The van der Waals surface area contributed by atoms with Gasteiger partial charge in [0.25, 0.3) is 0 Å². The Morgan fingerprint density at radius 1 is 0.226 bits per heavy atom. The number of hydrogen-bond donors (Lipinski definition) is 28. The van der Waals surface area contributed by atoms with Gasteiger partial charge in [-0.15, -0.1) is 0 Å². The molecule has 49 nitrogen and oxygen atoms in total. The lowest BCUT2D eigenvalue weighted by atomic mass is 9.99. The molecule has 0 unspecified atom stereocenters. The van der Waals surface area contributed by atoms with E-state index in [2.05, 4.69) is 89.4 Å². The van der Waals surface area contributed by atoms with Gasteiger partial charge in [0.05, 0.1) is 25.3 Å². The van der Waals surface area contributed by atoms with Crippen LogP contribution in [0.25, 0.3) is 0 Å². The van der Waals surface area contributed by atoms with Gasteiger partial charge in [-0.25, -0.2) is 4.79 Å². The molecule has 15 atom stereocenters. The van der Waals surface area contributed by atoms with E-state index < -0.39 is 240 Å². The zero-order chi connectivity index (χ0) is 101. The molecule has 0 spiro atoms. The summed E-state index contributed by atoms with van der Waals surface area (Å²) >= 11 is 0. The number of hydrogen-bond acceptors (Lipinski definition) is 25. The Kier molecular flexibility index (Phi) is 59.8. The Labute approximate surface area is 777 Å². The molecule has 0 aliphatic rings. The first-order valence-electron chi connectivity index (χ1n) is 45.4. The highest BCUT2D eigenvalue weighted by Gasteiger charge is 2.40. The molecule has 0 radical (unpaired) electrons. The third-order valence-electron chi connectivity index (χ3n) is 20.3. The number of guanidine groups is 3. The molecule has 38 N–H and O–H groups in total. The molecule has 14 amide bonds. The van der Waals surface area contributed by atoms with Crippen LogP contribution in [0.15, 0.2) is 15.0 Å². The van der Waals surface area contributed by atoms with Crippen molar-refractivity contribution in [2.45, 2.75) is 328 Å². The molecule has 0 heterocycles. The lowest BCUT2D eigenvalue weighted by Crippen LogP contribution is -2.61. The van der Waals surface area contributed by atoms with Crippen LogP contribution in [-0.2, 0) is 86.3 Å². The van der Waals surface area contributed by atoms with E-state index in [9.17, 15) is 107 Å². The Bertz CT molecular complexity index is 3840. The van der Waals surface area contributed by atoms with Crippen molar-refractivity contribution < 1.29 is 107 Å². The van der Waals surface area contributed by atoms with Gasteiger partial charge >= 0.3 is 23.9 Å². The van der Waals surface area contributed by atoms with Crippen LogP contribution < -0.4 is 132 Å². The highest BCUT2D eigenvalue weighted by atomic mass is 16.4. The van der Waals surface area contributed by atoms with Gasteiger partial charge in [-0.3, -0.25) is 96.5 Å². The summed E-state index contributed by atoms with van der Waals surface area (Å²) in [7, 11) is 0. The van der Waals surface area contributed by atoms with E-state index in [1.165, 1.54) is 0 Å². The molecular weight excluding hydrogens is 1740 g/mol. The molecule has 0 saturated carbocycles. The largest absolute Gasteiger partial charge is 0.481 e. The van der Waals surface area contributed by atoms with Gasteiger partial charge in [0.2, 0.25) is 82.7 Å². The van der Waals surface area contributed by atoms with E-state index in [0.717, 1.165) is 0 Å². The molecule has 0 aromatic heterocycles. The summed E-state index contributed by atoms with van der Waals surface area (Å²) in [5, 5.41) is 75.3. The minimum absolute atomic E-state index is 0.0280. The van der Waals surface area contributed by atoms with Crippen LogP contribution in [0.3, 0.4) is 0 Å². The first-order chi connectivity index (χ1) is 62.2. The molecule has 0 saturated heterocycles. The molecule has 0 aromatic carbocycles. The number of carboxylic acids is 4. The van der Waals surface area contributed by atoms with Crippen molar-refractivity contribution in [1.29, 1.82) is 0 Å². The molecule has 0 rings (SSSR count). The van der Waals surface area contributed by atoms with Crippen LogP contribution in [0.1, 0.15) is 237 Å². The fourth-order valence-electron chi connectivity index (χ4n) is 13.7. The number of unbranched alkanes of at least 4 members (excludes halogenated alkanes) is 3. The number of aliphatic carboxylic acids is 4. The maximum absolute atomic E-state index is 14.7. The van der Waals surface area contributed by atoms with Crippen molar-refractivity contribution in [2.24, 2.45) is 108 Å². The standard InChI is InChI=1S/C84H155N27O22/c1-43(2)34-55(106-78(129)60(40-64(112)113)108-75(126)57(36-45(5)6)103-70(121)50(23-13-16-28-85)99-69(120)54(27-21-33-97-84(93)94)100-68(119)53(26-20-32-96-83(91)92)98-67(118)49(88)22-19-31-95-82(89)90)73(124)101-51(24-14-17-29-86)71(122)104-58(37-46(7)8)76(127)109-61(41-65(114)115)79(130)107-56(35-44(3)4)74(125)102-52(25-15-18-30-87)72(123)105-59(38-47(9)10)77(128)110-62(42-66(116)117)80(131)111-63(81(132)133)39-48(11)12/h43-63H,13-42,85-88H2,1-12H3,(H,98,118)(H,99,120)(H,100,119)(H,101,124)(H,102,125)(H,103,121)(H,104,122)(H,105,123)(H,106,129)(H,107,130)(H,108,126)(H,109,127)(H,110,128)(H,111,131)(H,112,113)(H,114,115)(H,116,117)(H,132,133)(H4,89,90,95)(H4,91,92,96)(H4,93,94,97)/t49-,50-,51-,52-,53-,54-,55-,56-,57-,58-,59-,60-,61-,62-,63-/m0/s1. The number of nitrogens with zero attached hydrogens (tertiary/aromatic N) is 3. The molecule has 133 heavy (non-hydrogen) atoms. The number of nitrogens with one attached hydrogen (secondary N) is 14. The average molecular weight is 1900 g/mol. The topological polar surface area (TPSA) is 854 Å². The van der Waals surface area contributed by atoms with Gasteiger partial charge in [0.1, 0.15) is 84.6 Å². The van der Waals surface area contributed by atoms with Gasteiger partial charge in [0.15, 0.2) is 17.9 Å². The number of carboxylic acid groups (broad SMARTS) is 4. The van der Waals surface area contributed by atoms with E-state index in [0.29, 0.717) is 25.7 Å². The molecule has 0 aliphatic heterocycles. The third kappa shape index (κ3) is 54.0. The molecule has 0 aliphatic carbocycles. The van der Waals surface area contributed by atoms with Crippen LogP contribution in [0.4, 0.5) is 0 Å². The number of amides is 14. The van der Waals surface area contributed by atoms with Gasteiger partial charge in [0, 0.05) is 19.6 Å². The lowest BCUT2D eigenvalue weighted by Gasteiger charge is -2.29. The molecule has 0 aromatic rings. The zero-order valence-corrected chi connectivity index (χ0v) is 79.1. The number of nitrogens with two attached hydrogens (primary N) is 10. The smallest absolute Gasteiger partial charge is 0.326 e. The Morgan fingerprint density at radius 2 is 0.391 bits per heavy atom.